The van der Waals surface area contributed by atoms with Gasteiger partial charge in [-0.05, 0) is 17.4 Å². The minimum absolute atomic E-state index is 0.190. The maximum absolute atomic E-state index is 13.4. The van der Waals surface area contributed by atoms with Gasteiger partial charge in [-0.15, -0.1) is 0 Å². The monoisotopic (exact) mass is 244 g/mol. The Morgan fingerprint density at radius 2 is 2.12 bits per heavy atom. The maximum Gasteiger partial charge on any atom is 0.166 e. The molecule has 0 amide bonds. The van der Waals surface area contributed by atoms with E-state index in [1.807, 2.05) is 0 Å². The topological polar surface area (TPSA) is 24.9 Å². The van der Waals surface area contributed by atoms with Gasteiger partial charge in [0.2, 0.25) is 0 Å². The number of hydrogen-bond donors (Lipinski definition) is 1. The standard InChI is InChI=1S/C12H18ClFN2/c1-8(12(2,3)4)6-15-11-10(14)5-9(13)7-16-11/h5,7-8H,6H2,1-4H3,(H,15,16). The van der Waals surface area contributed by atoms with Crippen molar-refractivity contribution in [3.63, 3.8) is 0 Å². The van der Waals surface area contributed by atoms with E-state index in [0.717, 1.165) is 0 Å². The van der Waals surface area contributed by atoms with Crippen LogP contribution in [0.3, 0.4) is 0 Å². The Balaban J connectivity index is 2.62. The maximum atomic E-state index is 13.4. The molecule has 1 aromatic heterocycles. The van der Waals surface area contributed by atoms with Crippen LogP contribution in [0, 0.1) is 17.2 Å². The van der Waals surface area contributed by atoms with E-state index in [2.05, 4.69) is 38.0 Å². The first-order valence-electron chi connectivity index (χ1n) is 5.35. The Kier molecular flexibility index (Phi) is 4.14. The Morgan fingerprint density at radius 3 is 2.62 bits per heavy atom. The van der Waals surface area contributed by atoms with Gasteiger partial charge in [0.05, 0.1) is 5.02 Å². The fourth-order valence-electron chi connectivity index (χ4n) is 1.10. The smallest absolute Gasteiger partial charge is 0.166 e. The second-order valence-corrected chi connectivity index (χ2v) is 5.57. The molecule has 1 rings (SSSR count). The summed E-state index contributed by atoms with van der Waals surface area (Å²) in [6.45, 7) is 9.29. The summed E-state index contributed by atoms with van der Waals surface area (Å²) in [6.07, 6.45) is 1.44. The van der Waals surface area contributed by atoms with Crippen molar-refractivity contribution in [2.45, 2.75) is 27.7 Å². The van der Waals surface area contributed by atoms with Crippen LogP contribution >= 0.6 is 11.6 Å². The molecule has 1 N–H and O–H groups in total. The van der Waals surface area contributed by atoms with Gasteiger partial charge in [0.25, 0.3) is 0 Å². The van der Waals surface area contributed by atoms with Gasteiger partial charge in [-0.25, -0.2) is 9.37 Å². The number of nitrogens with zero attached hydrogens (tertiary/aromatic N) is 1. The molecule has 0 spiro atoms. The second kappa shape index (κ2) is 5.00. The molecule has 1 heterocycles. The summed E-state index contributed by atoms with van der Waals surface area (Å²) in [4.78, 5) is 3.91. The van der Waals surface area contributed by atoms with E-state index in [1.165, 1.54) is 12.3 Å². The number of halogens is 2. The number of nitrogens with one attached hydrogen (secondary N) is 1. The summed E-state index contributed by atoms with van der Waals surface area (Å²) in [5, 5.41) is 3.31. The molecule has 0 aliphatic carbocycles. The van der Waals surface area contributed by atoms with Crippen LogP contribution in [-0.2, 0) is 0 Å². The Morgan fingerprint density at radius 1 is 1.50 bits per heavy atom. The molecule has 2 nitrogen and oxygen atoms in total. The summed E-state index contributed by atoms with van der Waals surface area (Å²) < 4.78 is 13.4. The molecular formula is C12H18ClFN2. The van der Waals surface area contributed by atoms with E-state index in [-0.39, 0.29) is 11.2 Å². The molecule has 4 heteroatoms. The highest BCUT2D eigenvalue weighted by atomic mass is 35.5. The lowest BCUT2D eigenvalue weighted by Gasteiger charge is -2.27. The van der Waals surface area contributed by atoms with Crippen molar-refractivity contribution in [2.24, 2.45) is 11.3 Å². The SMILES string of the molecule is CC(CNc1ncc(Cl)cc1F)C(C)(C)C. The van der Waals surface area contributed by atoms with Crippen molar-refractivity contribution in [3.05, 3.63) is 23.1 Å². The molecule has 1 aromatic rings. The summed E-state index contributed by atoms with van der Waals surface area (Å²) >= 11 is 5.62. The molecule has 0 aromatic carbocycles. The third kappa shape index (κ3) is 3.63. The van der Waals surface area contributed by atoms with Gasteiger partial charge in [0.1, 0.15) is 0 Å². The molecule has 0 aliphatic rings. The van der Waals surface area contributed by atoms with E-state index in [9.17, 15) is 4.39 Å². The second-order valence-electron chi connectivity index (χ2n) is 5.13. The molecule has 0 aliphatic heterocycles. The lowest BCUT2D eigenvalue weighted by molar-refractivity contribution is 0.274. The first kappa shape index (κ1) is 13.2. The first-order valence-corrected chi connectivity index (χ1v) is 5.73. The van der Waals surface area contributed by atoms with Crippen molar-refractivity contribution in [2.75, 3.05) is 11.9 Å². The molecule has 0 radical (unpaired) electrons. The van der Waals surface area contributed by atoms with Gasteiger partial charge in [-0.1, -0.05) is 39.3 Å². The van der Waals surface area contributed by atoms with Crippen LogP contribution in [0.5, 0.6) is 0 Å². The lowest BCUT2D eigenvalue weighted by atomic mass is 9.82. The Bertz CT molecular complexity index is 361. The number of hydrogen-bond acceptors (Lipinski definition) is 2. The highest BCUT2D eigenvalue weighted by Gasteiger charge is 2.20. The molecule has 16 heavy (non-hydrogen) atoms. The van der Waals surface area contributed by atoms with Gasteiger partial charge in [-0.3, -0.25) is 0 Å². The lowest BCUT2D eigenvalue weighted by Crippen LogP contribution is -2.25. The average molecular weight is 245 g/mol. The fourth-order valence-corrected chi connectivity index (χ4v) is 1.25. The van der Waals surface area contributed by atoms with Crippen molar-refractivity contribution in [3.8, 4) is 0 Å². The van der Waals surface area contributed by atoms with Crippen LogP contribution in [0.25, 0.3) is 0 Å². The molecule has 1 atom stereocenters. The van der Waals surface area contributed by atoms with Crippen molar-refractivity contribution in [1.29, 1.82) is 0 Å². The van der Waals surface area contributed by atoms with E-state index in [0.29, 0.717) is 17.5 Å². The van der Waals surface area contributed by atoms with Crippen LogP contribution in [0.4, 0.5) is 10.2 Å². The van der Waals surface area contributed by atoms with E-state index >= 15 is 0 Å². The summed E-state index contributed by atoms with van der Waals surface area (Å²) in [5.74, 6) is 0.276. The van der Waals surface area contributed by atoms with Gasteiger partial charge >= 0.3 is 0 Å². The average Bonchev–Trinajstić information content (AvgIpc) is 2.14. The highest BCUT2D eigenvalue weighted by molar-refractivity contribution is 6.30. The number of rotatable bonds is 3. The van der Waals surface area contributed by atoms with Crippen molar-refractivity contribution >= 4 is 17.4 Å². The quantitative estimate of drug-likeness (QED) is 0.870. The van der Waals surface area contributed by atoms with Gasteiger partial charge in [0, 0.05) is 12.7 Å². The number of aromatic nitrogens is 1. The van der Waals surface area contributed by atoms with Crippen LogP contribution in [-0.4, -0.2) is 11.5 Å². The summed E-state index contributed by atoms with van der Waals surface area (Å²) in [7, 11) is 0. The molecular weight excluding hydrogens is 227 g/mol. The zero-order chi connectivity index (χ0) is 12.3. The molecule has 0 fully saturated rings. The molecule has 1 unspecified atom stereocenters. The minimum atomic E-state index is -0.409. The Labute approximate surface area is 101 Å². The van der Waals surface area contributed by atoms with Crippen molar-refractivity contribution in [1.82, 2.24) is 4.98 Å². The van der Waals surface area contributed by atoms with Gasteiger partial charge in [-0.2, -0.15) is 0 Å². The van der Waals surface area contributed by atoms with Crippen LogP contribution in [0.2, 0.25) is 5.02 Å². The third-order valence-corrected chi connectivity index (χ3v) is 3.07. The van der Waals surface area contributed by atoms with Gasteiger partial charge in [0.15, 0.2) is 11.6 Å². The summed E-state index contributed by atoms with van der Waals surface area (Å²) in [6, 6.07) is 1.26. The van der Waals surface area contributed by atoms with Crippen LogP contribution < -0.4 is 5.32 Å². The third-order valence-electron chi connectivity index (χ3n) is 2.86. The van der Waals surface area contributed by atoms with Crippen LogP contribution in [0.15, 0.2) is 12.3 Å². The molecule has 0 saturated carbocycles. The summed E-state index contributed by atoms with van der Waals surface area (Å²) in [5.41, 5.74) is 0.190. The predicted molar refractivity (Wildman–Crippen MR) is 66.3 cm³/mol. The Hall–Kier alpha value is -0.830. The number of pyridine rings is 1. The van der Waals surface area contributed by atoms with E-state index in [1.54, 1.807) is 0 Å². The van der Waals surface area contributed by atoms with E-state index < -0.39 is 5.82 Å². The fraction of sp³-hybridized carbons (Fsp3) is 0.583. The zero-order valence-corrected chi connectivity index (χ0v) is 10.9. The molecule has 0 saturated heterocycles. The number of anilines is 1. The zero-order valence-electron chi connectivity index (χ0n) is 10.1. The highest BCUT2D eigenvalue weighted by Crippen LogP contribution is 2.25. The van der Waals surface area contributed by atoms with Gasteiger partial charge < -0.3 is 5.32 Å². The van der Waals surface area contributed by atoms with Crippen LogP contribution in [0.1, 0.15) is 27.7 Å². The normalized spacial score (nSPS) is 13.6. The predicted octanol–water partition coefficient (Wildman–Crippen LogP) is 3.97. The molecule has 90 valence electrons. The van der Waals surface area contributed by atoms with Crippen molar-refractivity contribution < 1.29 is 4.39 Å². The minimum Gasteiger partial charge on any atom is -0.367 e. The first-order chi connectivity index (χ1) is 7.30. The molecule has 0 bridgehead atoms. The largest absolute Gasteiger partial charge is 0.367 e. The van der Waals surface area contributed by atoms with E-state index in [4.69, 9.17) is 11.6 Å².